The molecule has 0 bridgehead atoms. The van der Waals surface area contributed by atoms with Gasteiger partial charge in [0.25, 0.3) is 5.91 Å². The van der Waals surface area contributed by atoms with Crippen molar-refractivity contribution in [3.8, 4) is 5.75 Å². The Bertz CT molecular complexity index is 1040. The third-order valence-corrected chi connectivity index (χ3v) is 5.24. The van der Waals surface area contributed by atoms with Gasteiger partial charge in [-0.3, -0.25) is 9.59 Å². The van der Waals surface area contributed by atoms with Crippen LogP contribution in [0.5, 0.6) is 5.75 Å². The Morgan fingerprint density at radius 3 is 2.31 bits per heavy atom. The van der Waals surface area contributed by atoms with Crippen LogP contribution >= 0.6 is 11.6 Å². The maximum atomic E-state index is 13.3. The van der Waals surface area contributed by atoms with Gasteiger partial charge >= 0.3 is 0 Å². The molecule has 0 aliphatic carbocycles. The summed E-state index contributed by atoms with van der Waals surface area (Å²) < 4.78 is 18.9. The number of nitrogens with one attached hydrogen (secondary N) is 1. The number of rotatable bonds is 9. The van der Waals surface area contributed by atoms with Crippen LogP contribution in [0.4, 0.5) is 4.39 Å². The van der Waals surface area contributed by atoms with Crippen LogP contribution in [-0.2, 0) is 22.7 Å². The van der Waals surface area contributed by atoms with Crippen LogP contribution in [0.25, 0.3) is 0 Å². The first-order valence-electron chi connectivity index (χ1n) is 10.2. The van der Waals surface area contributed by atoms with E-state index in [-0.39, 0.29) is 24.9 Å². The fourth-order valence-electron chi connectivity index (χ4n) is 3.09. The molecule has 166 valence electrons. The highest BCUT2D eigenvalue weighted by atomic mass is 35.5. The average Bonchev–Trinajstić information content (AvgIpc) is 2.81. The van der Waals surface area contributed by atoms with E-state index in [9.17, 15) is 14.0 Å². The lowest BCUT2D eigenvalue weighted by atomic mass is 10.1. The number of ether oxygens (including phenoxy) is 1. The maximum Gasteiger partial charge on any atom is 0.261 e. The van der Waals surface area contributed by atoms with Gasteiger partial charge < -0.3 is 15.0 Å². The van der Waals surface area contributed by atoms with Crippen molar-refractivity contribution < 1.29 is 18.7 Å². The fourth-order valence-corrected chi connectivity index (χ4v) is 3.28. The van der Waals surface area contributed by atoms with Gasteiger partial charge in [0.1, 0.15) is 17.6 Å². The molecular formula is C25H24ClFN2O3. The van der Waals surface area contributed by atoms with Crippen LogP contribution in [0.3, 0.4) is 0 Å². The van der Waals surface area contributed by atoms with E-state index < -0.39 is 11.9 Å². The van der Waals surface area contributed by atoms with Gasteiger partial charge in [-0.2, -0.15) is 0 Å². The quantitative estimate of drug-likeness (QED) is 0.514. The predicted molar refractivity (Wildman–Crippen MR) is 122 cm³/mol. The number of hydrogen-bond acceptors (Lipinski definition) is 3. The van der Waals surface area contributed by atoms with Gasteiger partial charge in [0, 0.05) is 13.1 Å². The van der Waals surface area contributed by atoms with E-state index in [2.05, 4.69) is 5.32 Å². The number of hydrogen-bond donors (Lipinski definition) is 1. The molecule has 32 heavy (non-hydrogen) atoms. The van der Waals surface area contributed by atoms with E-state index in [1.807, 2.05) is 30.3 Å². The van der Waals surface area contributed by atoms with Crippen LogP contribution in [0.15, 0.2) is 78.9 Å². The number of para-hydroxylation sites is 1. The van der Waals surface area contributed by atoms with E-state index in [0.29, 0.717) is 22.9 Å². The Balaban J connectivity index is 1.71. The van der Waals surface area contributed by atoms with Crippen molar-refractivity contribution in [3.05, 3.63) is 101 Å². The van der Waals surface area contributed by atoms with Crippen LogP contribution in [0.2, 0.25) is 5.02 Å². The minimum Gasteiger partial charge on any atom is -0.482 e. The van der Waals surface area contributed by atoms with Crippen molar-refractivity contribution in [2.24, 2.45) is 0 Å². The second-order valence-electron chi connectivity index (χ2n) is 7.25. The highest BCUT2D eigenvalue weighted by Gasteiger charge is 2.26. The molecule has 0 aliphatic heterocycles. The summed E-state index contributed by atoms with van der Waals surface area (Å²) in [5.74, 6) is -0.688. The highest BCUT2D eigenvalue weighted by Crippen LogP contribution is 2.23. The number of amides is 2. The highest BCUT2D eigenvalue weighted by molar-refractivity contribution is 6.32. The van der Waals surface area contributed by atoms with Crippen molar-refractivity contribution in [1.82, 2.24) is 10.2 Å². The number of benzene rings is 3. The van der Waals surface area contributed by atoms with Crippen molar-refractivity contribution in [3.63, 3.8) is 0 Å². The molecule has 0 saturated heterocycles. The molecule has 0 radical (unpaired) electrons. The van der Waals surface area contributed by atoms with Crippen LogP contribution in [0.1, 0.15) is 18.1 Å². The molecule has 1 atom stereocenters. The summed E-state index contributed by atoms with van der Waals surface area (Å²) >= 11 is 6.09. The summed E-state index contributed by atoms with van der Waals surface area (Å²) in [6.07, 6.45) is 0. The second-order valence-corrected chi connectivity index (χ2v) is 7.65. The topological polar surface area (TPSA) is 58.6 Å². The molecule has 5 nitrogen and oxygen atoms in total. The van der Waals surface area contributed by atoms with Crippen molar-refractivity contribution in [1.29, 1.82) is 0 Å². The van der Waals surface area contributed by atoms with Gasteiger partial charge in [-0.1, -0.05) is 66.2 Å². The number of nitrogens with zero attached hydrogens (tertiary/aromatic N) is 1. The molecule has 1 N–H and O–H groups in total. The van der Waals surface area contributed by atoms with E-state index in [4.69, 9.17) is 16.3 Å². The average molecular weight is 455 g/mol. The standard InChI is InChI=1S/C25H24ClFN2O3/c1-18(25(31)28-15-19-7-3-2-4-8-19)29(16-20-11-13-21(27)14-12-20)24(30)17-32-23-10-6-5-9-22(23)26/h2-14,18H,15-17H2,1H3,(H,28,31). The number of carbonyl (C=O) groups excluding carboxylic acids is 2. The van der Waals surface area contributed by atoms with Gasteiger partial charge in [-0.25, -0.2) is 4.39 Å². The van der Waals surface area contributed by atoms with Gasteiger partial charge in [0.15, 0.2) is 6.61 Å². The van der Waals surface area contributed by atoms with Crippen molar-refractivity contribution in [2.75, 3.05) is 6.61 Å². The molecule has 3 aromatic carbocycles. The maximum absolute atomic E-state index is 13.3. The summed E-state index contributed by atoms with van der Waals surface area (Å²) in [7, 11) is 0. The molecule has 0 heterocycles. The molecule has 0 saturated carbocycles. The van der Waals surface area contributed by atoms with Gasteiger partial charge in [0.05, 0.1) is 5.02 Å². The predicted octanol–water partition coefficient (Wildman–Crippen LogP) is 4.59. The third kappa shape index (κ3) is 6.56. The monoisotopic (exact) mass is 454 g/mol. The van der Waals surface area contributed by atoms with Crippen LogP contribution in [0, 0.1) is 5.82 Å². The minimum absolute atomic E-state index is 0.130. The third-order valence-electron chi connectivity index (χ3n) is 4.93. The smallest absolute Gasteiger partial charge is 0.261 e. The Kier molecular flexibility index (Phi) is 8.22. The van der Waals surface area contributed by atoms with E-state index in [1.54, 1.807) is 43.3 Å². The normalized spacial score (nSPS) is 11.5. The summed E-state index contributed by atoms with van der Waals surface area (Å²) in [4.78, 5) is 27.2. The summed E-state index contributed by atoms with van der Waals surface area (Å²) in [5, 5.41) is 3.25. The number of carbonyl (C=O) groups is 2. The van der Waals surface area contributed by atoms with Gasteiger partial charge in [-0.15, -0.1) is 0 Å². The molecule has 7 heteroatoms. The lowest BCUT2D eigenvalue weighted by Gasteiger charge is -2.29. The Morgan fingerprint density at radius 2 is 1.62 bits per heavy atom. The Hall–Kier alpha value is -3.38. The van der Waals surface area contributed by atoms with Gasteiger partial charge in [-0.05, 0) is 42.3 Å². The molecule has 0 aliphatic rings. The zero-order chi connectivity index (χ0) is 22.9. The molecule has 3 aromatic rings. The molecule has 0 spiro atoms. The molecule has 1 unspecified atom stereocenters. The van der Waals surface area contributed by atoms with Crippen LogP contribution < -0.4 is 10.1 Å². The largest absolute Gasteiger partial charge is 0.482 e. The lowest BCUT2D eigenvalue weighted by Crippen LogP contribution is -2.48. The van der Waals surface area contributed by atoms with E-state index in [0.717, 1.165) is 5.56 Å². The fraction of sp³-hybridized carbons (Fsp3) is 0.200. The van der Waals surface area contributed by atoms with Crippen molar-refractivity contribution >= 4 is 23.4 Å². The molecule has 0 fully saturated rings. The van der Waals surface area contributed by atoms with E-state index in [1.165, 1.54) is 17.0 Å². The molecular weight excluding hydrogens is 431 g/mol. The van der Waals surface area contributed by atoms with E-state index >= 15 is 0 Å². The molecule has 0 aromatic heterocycles. The molecule has 3 rings (SSSR count). The zero-order valence-corrected chi connectivity index (χ0v) is 18.4. The summed E-state index contributed by atoms with van der Waals surface area (Å²) in [6.45, 7) is 1.84. The van der Waals surface area contributed by atoms with Gasteiger partial charge in [0.2, 0.25) is 5.91 Å². The lowest BCUT2D eigenvalue weighted by molar-refractivity contribution is -0.142. The van der Waals surface area contributed by atoms with Crippen LogP contribution in [-0.4, -0.2) is 29.4 Å². The van der Waals surface area contributed by atoms with Crippen molar-refractivity contribution in [2.45, 2.75) is 26.1 Å². The SMILES string of the molecule is CC(C(=O)NCc1ccccc1)N(Cc1ccc(F)cc1)C(=O)COc1ccccc1Cl. The Morgan fingerprint density at radius 1 is 0.969 bits per heavy atom. The zero-order valence-electron chi connectivity index (χ0n) is 17.6. The Labute approximate surface area is 191 Å². The second kappa shape index (κ2) is 11.3. The summed E-state index contributed by atoms with van der Waals surface area (Å²) in [6, 6.07) is 21.4. The minimum atomic E-state index is -0.772. The molecule has 2 amide bonds. The first-order chi connectivity index (χ1) is 15.4. The first-order valence-corrected chi connectivity index (χ1v) is 10.5. The summed E-state index contributed by atoms with van der Waals surface area (Å²) in [5.41, 5.74) is 1.65. The first kappa shape index (κ1) is 23.3. The number of halogens is 2.